The molecule has 0 radical (unpaired) electrons. The third-order valence-electron chi connectivity index (χ3n) is 4.41. The fourth-order valence-electron chi connectivity index (χ4n) is 2.89. The lowest BCUT2D eigenvalue weighted by molar-refractivity contribution is -0.147. The third-order valence-corrected chi connectivity index (χ3v) is 4.66. The zero-order valence-electron chi connectivity index (χ0n) is 15.8. The van der Waals surface area contributed by atoms with Gasteiger partial charge in [0.1, 0.15) is 18.1 Å². The Morgan fingerprint density at radius 3 is 2.53 bits per heavy atom. The number of halogens is 1. The zero-order valence-corrected chi connectivity index (χ0v) is 16.6. The van der Waals surface area contributed by atoms with E-state index >= 15 is 0 Å². The number of carbonyl (C=O) groups excluding carboxylic acids is 2. The minimum atomic E-state index is -0.486. The summed E-state index contributed by atoms with van der Waals surface area (Å²) in [6.45, 7) is -0.0588. The number of Topliss-reactive ketones (excluding diaryl/α,β-unsaturated/α-hetero) is 1. The van der Waals surface area contributed by atoms with E-state index in [4.69, 9.17) is 25.8 Å². The standard InChI is InChI=1S/C24H17ClO5/c25-18-8-6-16(7-9-18)12-22-24(27)20-11-10-19(13-21(20)30-22)28-15-23(26)29-14-17-4-2-1-3-5-17/h1-13H,14-15H2. The van der Waals surface area contributed by atoms with Gasteiger partial charge in [-0.05, 0) is 41.5 Å². The number of ketones is 1. The van der Waals surface area contributed by atoms with Crippen LogP contribution in [0.25, 0.3) is 6.08 Å². The first-order valence-electron chi connectivity index (χ1n) is 9.25. The van der Waals surface area contributed by atoms with Crippen LogP contribution in [0.1, 0.15) is 21.5 Å². The first-order valence-corrected chi connectivity index (χ1v) is 9.62. The maximum atomic E-state index is 12.5. The Morgan fingerprint density at radius 2 is 1.77 bits per heavy atom. The highest BCUT2D eigenvalue weighted by Crippen LogP contribution is 2.35. The van der Waals surface area contributed by atoms with Crippen LogP contribution in [0.3, 0.4) is 0 Å². The van der Waals surface area contributed by atoms with Gasteiger partial charge in [-0.1, -0.05) is 54.1 Å². The number of esters is 1. The first-order chi connectivity index (χ1) is 14.6. The zero-order chi connectivity index (χ0) is 20.9. The molecule has 6 heteroatoms. The highest BCUT2D eigenvalue weighted by atomic mass is 35.5. The molecule has 0 aromatic heterocycles. The lowest BCUT2D eigenvalue weighted by atomic mass is 10.1. The maximum Gasteiger partial charge on any atom is 0.344 e. The Balaban J connectivity index is 1.36. The summed E-state index contributed by atoms with van der Waals surface area (Å²) in [6.07, 6.45) is 1.65. The SMILES string of the molecule is O=C(COc1ccc2c(c1)OC(=Cc1ccc(Cl)cc1)C2=O)OCc1ccccc1. The molecule has 0 saturated carbocycles. The predicted octanol–water partition coefficient (Wildman–Crippen LogP) is 5.08. The van der Waals surface area contributed by atoms with Gasteiger partial charge in [-0.15, -0.1) is 0 Å². The minimum Gasteiger partial charge on any atom is -0.482 e. The van der Waals surface area contributed by atoms with E-state index in [-0.39, 0.29) is 24.8 Å². The van der Waals surface area contributed by atoms with E-state index in [9.17, 15) is 9.59 Å². The summed E-state index contributed by atoms with van der Waals surface area (Å²) >= 11 is 5.88. The van der Waals surface area contributed by atoms with Crippen LogP contribution in [0.4, 0.5) is 0 Å². The first kappa shape index (κ1) is 19.7. The van der Waals surface area contributed by atoms with Crippen molar-refractivity contribution in [3.63, 3.8) is 0 Å². The number of hydrogen-bond acceptors (Lipinski definition) is 5. The van der Waals surface area contributed by atoms with E-state index in [2.05, 4.69) is 0 Å². The minimum absolute atomic E-state index is 0.184. The molecule has 0 fully saturated rings. The molecule has 1 heterocycles. The molecule has 0 saturated heterocycles. The van der Waals surface area contributed by atoms with Crippen LogP contribution in [0.5, 0.6) is 11.5 Å². The average Bonchev–Trinajstić information content (AvgIpc) is 3.07. The second-order valence-electron chi connectivity index (χ2n) is 6.58. The highest BCUT2D eigenvalue weighted by molar-refractivity contribution is 6.30. The fourth-order valence-corrected chi connectivity index (χ4v) is 3.02. The Bertz CT molecular complexity index is 1100. The van der Waals surface area contributed by atoms with Crippen molar-refractivity contribution in [2.75, 3.05) is 6.61 Å². The van der Waals surface area contributed by atoms with Crippen LogP contribution in [-0.2, 0) is 16.1 Å². The van der Waals surface area contributed by atoms with Crippen LogP contribution in [0.2, 0.25) is 5.02 Å². The Kier molecular flexibility index (Phi) is 5.82. The van der Waals surface area contributed by atoms with Gasteiger partial charge in [-0.2, -0.15) is 0 Å². The van der Waals surface area contributed by atoms with Crippen LogP contribution < -0.4 is 9.47 Å². The summed E-state index contributed by atoms with van der Waals surface area (Å²) in [4.78, 5) is 24.4. The van der Waals surface area contributed by atoms with Gasteiger partial charge in [-0.3, -0.25) is 4.79 Å². The predicted molar refractivity (Wildman–Crippen MR) is 113 cm³/mol. The van der Waals surface area contributed by atoms with Crippen molar-refractivity contribution in [3.05, 3.63) is 100 Å². The van der Waals surface area contributed by atoms with Gasteiger partial charge in [0.05, 0.1) is 5.56 Å². The van der Waals surface area contributed by atoms with Crippen molar-refractivity contribution in [2.45, 2.75) is 6.61 Å². The normalized spacial score (nSPS) is 13.6. The van der Waals surface area contributed by atoms with E-state index in [0.29, 0.717) is 22.1 Å². The van der Waals surface area contributed by atoms with Gasteiger partial charge in [-0.25, -0.2) is 4.79 Å². The number of allylic oxidation sites excluding steroid dienone is 1. The van der Waals surface area contributed by atoms with Gasteiger partial charge in [0, 0.05) is 11.1 Å². The largest absolute Gasteiger partial charge is 0.482 e. The summed E-state index contributed by atoms with van der Waals surface area (Å²) in [5.74, 6) is 0.307. The second kappa shape index (κ2) is 8.84. The average molecular weight is 421 g/mol. The molecule has 5 nitrogen and oxygen atoms in total. The number of benzene rings is 3. The highest BCUT2D eigenvalue weighted by Gasteiger charge is 2.27. The summed E-state index contributed by atoms with van der Waals surface area (Å²) in [6, 6.07) is 21.3. The van der Waals surface area contributed by atoms with E-state index in [0.717, 1.165) is 11.1 Å². The lowest BCUT2D eigenvalue weighted by Gasteiger charge is -2.08. The molecule has 0 amide bonds. The molecular weight excluding hydrogens is 404 g/mol. The molecule has 1 aliphatic rings. The van der Waals surface area contributed by atoms with Crippen molar-refractivity contribution in [1.82, 2.24) is 0 Å². The number of hydrogen-bond donors (Lipinski definition) is 0. The van der Waals surface area contributed by atoms with Gasteiger partial charge in [0.15, 0.2) is 12.4 Å². The summed E-state index contributed by atoms with van der Waals surface area (Å²) in [5.41, 5.74) is 2.14. The summed E-state index contributed by atoms with van der Waals surface area (Å²) in [5, 5.41) is 0.614. The topological polar surface area (TPSA) is 61.8 Å². The van der Waals surface area contributed by atoms with Crippen LogP contribution in [0.15, 0.2) is 78.6 Å². The number of fused-ring (bicyclic) bond motifs is 1. The molecule has 30 heavy (non-hydrogen) atoms. The molecule has 0 aliphatic carbocycles. The lowest BCUT2D eigenvalue weighted by Crippen LogP contribution is -2.14. The van der Waals surface area contributed by atoms with Gasteiger partial charge in [0.25, 0.3) is 0 Å². The van der Waals surface area contributed by atoms with Crippen molar-refractivity contribution >= 4 is 29.4 Å². The van der Waals surface area contributed by atoms with Gasteiger partial charge in [0.2, 0.25) is 5.78 Å². The monoisotopic (exact) mass is 420 g/mol. The Hall–Kier alpha value is -3.57. The number of carbonyl (C=O) groups is 2. The number of rotatable bonds is 6. The quantitative estimate of drug-likeness (QED) is 0.411. The van der Waals surface area contributed by atoms with Crippen LogP contribution in [0, 0.1) is 0 Å². The van der Waals surface area contributed by atoms with E-state index in [1.807, 2.05) is 30.3 Å². The van der Waals surface area contributed by atoms with E-state index < -0.39 is 5.97 Å². The Labute approximate surface area is 178 Å². The molecule has 1 aliphatic heterocycles. The molecule has 4 rings (SSSR count). The van der Waals surface area contributed by atoms with Gasteiger partial charge >= 0.3 is 5.97 Å². The van der Waals surface area contributed by atoms with Crippen molar-refractivity contribution in [1.29, 1.82) is 0 Å². The maximum absolute atomic E-state index is 12.5. The van der Waals surface area contributed by atoms with Crippen molar-refractivity contribution < 1.29 is 23.8 Å². The summed E-state index contributed by atoms with van der Waals surface area (Å²) < 4.78 is 16.4. The molecule has 0 bridgehead atoms. The van der Waals surface area contributed by atoms with Crippen molar-refractivity contribution in [3.8, 4) is 11.5 Å². The molecule has 0 atom stereocenters. The molecular formula is C24H17ClO5. The molecule has 3 aromatic carbocycles. The molecule has 0 N–H and O–H groups in total. The molecule has 150 valence electrons. The van der Waals surface area contributed by atoms with E-state index in [1.54, 1.807) is 48.5 Å². The fraction of sp³-hybridized carbons (Fsp3) is 0.0833. The second-order valence-corrected chi connectivity index (χ2v) is 7.02. The van der Waals surface area contributed by atoms with Gasteiger partial charge < -0.3 is 14.2 Å². The van der Waals surface area contributed by atoms with Crippen LogP contribution in [-0.4, -0.2) is 18.4 Å². The Morgan fingerprint density at radius 1 is 1.00 bits per heavy atom. The smallest absolute Gasteiger partial charge is 0.344 e. The molecule has 3 aromatic rings. The third kappa shape index (κ3) is 4.70. The van der Waals surface area contributed by atoms with E-state index in [1.165, 1.54) is 0 Å². The van der Waals surface area contributed by atoms with Crippen LogP contribution >= 0.6 is 11.6 Å². The summed E-state index contributed by atoms with van der Waals surface area (Å²) in [7, 11) is 0. The molecule has 0 unspecified atom stereocenters. The number of ether oxygens (including phenoxy) is 3. The van der Waals surface area contributed by atoms with Crippen molar-refractivity contribution in [2.24, 2.45) is 0 Å². The molecule has 0 spiro atoms.